The molecule has 0 atom stereocenters. The maximum Gasteiger partial charge on any atom is 0.222 e. The van der Waals surface area contributed by atoms with Crippen LogP contribution in [0.5, 0.6) is 0 Å². The molecule has 0 aromatic carbocycles. The number of amides is 1. The Bertz CT molecular complexity index is 562. The zero-order valence-corrected chi connectivity index (χ0v) is 12.4. The first-order chi connectivity index (χ1) is 9.74. The third-order valence-electron chi connectivity index (χ3n) is 2.63. The zero-order valence-electron chi connectivity index (χ0n) is 10.8. The van der Waals surface area contributed by atoms with E-state index in [1.165, 1.54) is 0 Å². The molecular weight excluding hydrogens is 320 g/mol. The summed E-state index contributed by atoms with van der Waals surface area (Å²) in [6.07, 6.45) is 7.27. The molecule has 2 rings (SSSR count). The van der Waals surface area contributed by atoms with E-state index in [0.717, 1.165) is 15.7 Å². The molecule has 2 N–H and O–H groups in total. The monoisotopic (exact) mass is 334 g/mol. The van der Waals surface area contributed by atoms with E-state index < -0.39 is 0 Å². The van der Waals surface area contributed by atoms with E-state index in [2.05, 4.69) is 36.5 Å². The molecule has 0 fully saturated rings. The zero-order chi connectivity index (χ0) is 14.2. The van der Waals surface area contributed by atoms with E-state index in [1.807, 2.05) is 18.2 Å². The van der Waals surface area contributed by atoms with Gasteiger partial charge in [-0.15, -0.1) is 0 Å². The molecule has 0 aliphatic carbocycles. The highest BCUT2D eigenvalue weighted by Gasteiger charge is 2.01. The van der Waals surface area contributed by atoms with Crippen LogP contribution in [0.4, 0.5) is 5.69 Å². The SMILES string of the molecule is O=C(CCNc1cncc(Br)c1)NCc1ccncc1. The second-order valence-corrected chi connectivity index (χ2v) is 5.12. The third kappa shape index (κ3) is 4.97. The number of nitrogens with one attached hydrogen (secondary N) is 2. The Morgan fingerprint density at radius 2 is 2.00 bits per heavy atom. The Morgan fingerprint density at radius 1 is 1.20 bits per heavy atom. The predicted octanol–water partition coefficient (Wildman–Crippen LogP) is 2.36. The van der Waals surface area contributed by atoms with Gasteiger partial charge in [0.1, 0.15) is 0 Å². The summed E-state index contributed by atoms with van der Waals surface area (Å²) in [7, 11) is 0. The Kier molecular flexibility index (Phi) is 5.49. The van der Waals surface area contributed by atoms with Crippen LogP contribution in [0.3, 0.4) is 0 Å². The fourth-order valence-electron chi connectivity index (χ4n) is 1.62. The van der Waals surface area contributed by atoms with E-state index in [-0.39, 0.29) is 5.91 Å². The molecule has 104 valence electrons. The second kappa shape index (κ2) is 7.59. The molecule has 5 nitrogen and oxygen atoms in total. The van der Waals surface area contributed by atoms with Crippen LogP contribution >= 0.6 is 15.9 Å². The number of carbonyl (C=O) groups excluding carboxylic acids is 1. The molecule has 0 spiro atoms. The van der Waals surface area contributed by atoms with Gasteiger partial charge in [0.15, 0.2) is 0 Å². The summed E-state index contributed by atoms with van der Waals surface area (Å²) in [6.45, 7) is 1.10. The van der Waals surface area contributed by atoms with Crippen molar-refractivity contribution < 1.29 is 4.79 Å². The fraction of sp³-hybridized carbons (Fsp3) is 0.214. The summed E-state index contributed by atoms with van der Waals surface area (Å²) in [5.41, 5.74) is 1.93. The molecule has 0 radical (unpaired) electrons. The number of pyridine rings is 2. The molecule has 20 heavy (non-hydrogen) atoms. The molecule has 2 heterocycles. The van der Waals surface area contributed by atoms with Gasteiger partial charge in [-0.1, -0.05) is 0 Å². The van der Waals surface area contributed by atoms with Crippen molar-refractivity contribution in [2.75, 3.05) is 11.9 Å². The lowest BCUT2D eigenvalue weighted by Crippen LogP contribution is -2.24. The third-order valence-corrected chi connectivity index (χ3v) is 3.06. The molecule has 0 aliphatic heterocycles. The molecular formula is C14H15BrN4O. The lowest BCUT2D eigenvalue weighted by molar-refractivity contribution is -0.121. The number of anilines is 1. The van der Waals surface area contributed by atoms with Crippen LogP contribution in [0.2, 0.25) is 0 Å². The van der Waals surface area contributed by atoms with Gasteiger partial charge in [0.05, 0.1) is 11.9 Å². The van der Waals surface area contributed by atoms with Gasteiger partial charge in [-0.25, -0.2) is 0 Å². The number of hydrogen-bond acceptors (Lipinski definition) is 4. The van der Waals surface area contributed by atoms with Crippen LogP contribution in [-0.2, 0) is 11.3 Å². The van der Waals surface area contributed by atoms with Crippen LogP contribution in [0.1, 0.15) is 12.0 Å². The molecule has 0 aliphatic rings. The highest BCUT2D eigenvalue weighted by Crippen LogP contribution is 2.13. The van der Waals surface area contributed by atoms with Crippen molar-refractivity contribution in [1.29, 1.82) is 0 Å². The number of aromatic nitrogens is 2. The van der Waals surface area contributed by atoms with Crippen molar-refractivity contribution in [3.05, 3.63) is 53.0 Å². The van der Waals surface area contributed by atoms with Crippen molar-refractivity contribution in [3.63, 3.8) is 0 Å². The molecule has 0 saturated heterocycles. The first-order valence-electron chi connectivity index (χ1n) is 6.24. The minimum absolute atomic E-state index is 0.0114. The summed E-state index contributed by atoms with van der Waals surface area (Å²) in [6, 6.07) is 5.68. The summed E-state index contributed by atoms with van der Waals surface area (Å²) in [4.78, 5) is 19.7. The van der Waals surface area contributed by atoms with Crippen molar-refractivity contribution in [1.82, 2.24) is 15.3 Å². The lowest BCUT2D eigenvalue weighted by atomic mass is 10.2. The maximum atomic E-state index is 11.7. The number of nitrogens with zero attached hydrogens (tertiary/aromatic N) is 2. The maximum absolute atomic E-state index is 11.7. The lowest BCUT2D eigenvalue weighted by Gasteiger charge is -2.07. The number of carbonyl (C=O) groups is 1. The van der Waals surface area contributed by atoms with E-state index in [4.69, 9.17) is 0 Å². The Hall–Kier alpha value is -1.95. The number of rotatable bonds is 6. The highest BCUT2D eigenvalue weighted by molar-refractivity contribution is 9.10. The molecule has 0 unspecified atom stereocenters. The Labute approximate surface area is 126 Å². The van der Waals surface area contributed by atoms with Crippen LogP contribution in [0, 0.1) is 0 Å². The molecule has 0 saturated carbocycles. The van der Waals surface area contributed by atoms with E-state index in [9.17, 15) is 4.79 Å². The van der Waals surface area contributed by atoms with Gasteiger partial charge in [-0.05, 0) is 39.7 Å². The fourth-order valence-corrected chi connectivity index (χ4v) is 1.98. The molecule has 2 aromatic rings. The largest absolute Gasteiger partial charge is 0.383 e. The summed E-state index contributed by atoms with van der Waals surface area (Å²) in [5.74, 6) is 0.0114. The van der Waals surface area contributed by atoms with Gasteiger partial charge < -0.3 is 10.6 Å². The minimum atomic E-state index is 0.0114. The second-order valence-electron chi connectivity index (χ2n) is 4.20. The van der Waals surface area contributed by atoms with Crippen molar-refractivity contribution in [2.24, 2.45) is 0 Å². The van der Waals surface area contributed by atoms with E-state index in [0.29, 0.717) is 19.5 Å². The molecule has 0 bridgehead atoms. The van der Waals surface area contributed by atoms with Crippen molar-refractivity contribution in [2.45, 2.75) is 13.0 Å². The van der Waals surface area contributed by atoms with Crippen LogP contribution < -0.4 is 10.6 Å². The molecule has 6 heteroatoms. The van der Waals surface area contributed by atoms with Gasteiger partial charge in [-0.3, -0.25) is 14.8 Å². The van der Waals surface area contributed by atoms with Gasteiger partial charge in [0.25, 0.3) is 0 Å². The summed E-state index contributed by atoms with van der Waals surface area (Å²) >= 11 is 3.35. The Morgan fingerprint density at radius 3 is 2.75 bits per heavy atom. The average molecular weight is 335 g/mol. The van der Waals surface area contributed by atoms with Gasteiger partial charge in [0, 0.05) is 42.6 Å². The minimum Gasteiger partial charge on any atom is -0.383 e. The van der Waals surface area contributed by atoms with E-state index in [1.54, 1.807) is 24.8 Å². The van der Waals surface area contributed by atoms with Crippen LogP contribution in [-0.4, -0.2) is 22.4 Å². The quantitative estimate of drug-likeness (QED) is 0.850. The van der Waals surface area contributed by atoms with Crippen molar-refractivity contribution in [3.8, 4) is 0 Å². The van der Waals surface area contributed by atoms with Gasteiger partial charge >= 0.3 is 0 Å². The normalized spacial score (nSPS) is 10.1. The summed E-state index contributed by atoms with van der Waals surface area (Å²) < 4.78 is 0.907. The number of hydrogen-bond donors (Lipinski definition) is 2. The van der Waals surface area contributed by atoms with Crippen LogP contribution in [0.25, 0.3) is 0 Å². The first kappa shape index (κ1) is 14.5. The van der Waals surface area contributed by atoms with Crippen molar-refractivity contribution >= 4 is 27.5 Å². The smallest absolute Gasteiger partial charge is 0.222 e. The number of halogens is 1. The summed E-state index contributed by atoms with van der Waals surface area (Å²) in [5, 5.41) is 6.02. The topological polar surface area (TPSA) is 66.9 Å². The Balaban J connectivity index is 1.68. The first-order valence-corrected chi connectivity index (χ1v) is 7.03. The molecule has 2 aromatic heterocycles. The predicted molar refractivity (Wildman–Crippen MR) is 81.1 cm³/mol. The van der Waals surface area contributed by atoms with E-state index >= 15 is 0 Å². The molecule has 1 amide bonds. The van der Waals surface area contributed by atoms with Crippen LogP contribution in [0.15, 0.2) is 47.5 Å². The average Bonchev–Trinajstić information content (AvgIpc) is 2.46. The van der Waals surface area contributed by atoms with Gasteiger partial charge in [-0.2, -0.15) is 0 Å². The standard InChI is InChI=1S/C14H15BrN4O/c15-12-7-13(10-17-9-12)18-6-3-14(20)19-8-11-1-4-16-5-2-11/h1-2,4-5,7,9-10,18H,3,6,8H2,(H,19,20). The highest BCUT2D eigenvalue weighted by atomic mass is 79.9. The van der Waals surface area contributed by atoms with Gasteiger partial charge in [0.2, 0.25) is 5.91 Å².